The highest BCUT2D eigenvalue weighted by Gasteiger charge is 2.35. The van der Waals surface area contributed by atoms with Crippen LogP contribution < -0.4 is 5.32 Å². The van der Waals surface area contributed by atoms with Gasteiger partial charge in [0.1, 0.15) is 5.82 Å². The van der Waals surface area contributed by atoms with Crippen LogP contribution in [0.2, 0.25) is 0 Å². The van der Waals surface area contributed by atoms with Crippen LogP contribution in [0.4, 0.5) is 4.39 Å². The average Bonchev–Trinajstić information content (AvgIpc) is 2.46. The molecule has 0 radical (unpaired) electrons. The molecule has 1 amide bonds. The van der Waals surface area contributed by atoms with E-state index in [0.29, 0.717) is 16.6 Å². The first-order valence-corrected chi connectivity index (χ1v) is 6.88. The second-order valence-corrected chi connectivity index (χ2v) is 5.48. The topological polar surface area (TPSA) is 88.5 Å². The van der Waals surface area contributed by atoms with Crippen molar-refractivity contribution in [1.82, 2.24) is 10.3 Å². The second-order valence-electron chi connectivity index (χ2n) is 5.48. The Labute approximate surface area is 132 Å². The minimum atomic E-state index is -1.56. The molecule has 6 nitrogen and oxygen atoms in total. The Morgan fingerprint density at radius 1 is 1.39 bits per heavy atom. The predicted molar refractivity (Wildman–Crippen MR) is 81.8 cm³/mol. The van der Waals surface area contributed by atoms with E-state index in [9.17, 15) is 19.1 Å². The number of carboxylic acids is 1. The van der Waals surface area contributed by atoms with Crippen LogP contribution >= 0.6 is 0 Å². The van der Waals surface area contributed by atoms with Gasteiger partial charge in [-0.25, -0.2) is 9.18 Å². The van der Waals surface area contributed by atoms with Gasteiger partial charge >= 0.3 is 5.97 Å². The number of carboxylic acid groups (broad SMARTS) is 1. The van der Waals surface area contributed by atoms with Gasteiger partial charge in [-0.2, -0.15) is 0 Å². The number of halogens is 1. The highest BCUT2D eigenvalue weighted by molar-refractivity contribution is 6.01. The van der Waals surface area contributed by atoms with Crippen LogP contribution in [0.5, 0.6) is 0 Å². The summed E-state index contributed by atoms with van der Waals surface area (Å²) in [6.07, 6.45) is 0. The highest BCUT2D eigenvalue weighted by Crippen LogP contribution is 2.18. The Kier molecular flexibility index (Phi) is 4.60. The molecule has 1 aromatic carbocycles. The third-order valence-electron chi connectivity index (χ3n) is 3.51. The Morgan fingerprint density at radius 2 is 2.09 bits per heavy atom. The first-order chi connectivity index (χ1) is 10.8. The number of carbonyl (C=O) groups is 2. The molecule has 0 spiro atoms. The molecule has 7 heteroatoms. The number of aryl methyl sites for hydroxylation is 1. The molecule has 0 fully saturated rings. The third-order valence-corrected chi connectivity index (χ3v) is 3.51. The van der Waals surface area contributed by atoms with Crippen molar-refractivity contribution < 1.29 is 23.8 Å². The fourth-order valence-electron chi connectivity index (χ4n) is 2.22. The first kappa shape index (κ1) is 16.8. The first-order valence-electron chi connectivity index (χ1n) is 6.88. The number of pyridine rings is 1. The Balaban J connectivity index is 2.39. The van der Waals surface area contributed by atoms with Gasteiger partial charge in [0, 0.05) is 18.6 Å². The van der Waals surface area contributed by atoms with Gasteiger partial charge in [0.15, 0.2) is 5.54 Å². The number of rotatable bonds is 5. The van der Waals surface area contributed by atoms with Crippen LogP contribution in [0, 0.1) is 12.7 Å². The number of fused-ring (bicyclic) bond motifs is 1. The number of aromatic nitrogens is 1. The van der Waals surface area contributed by atoms with Gasteiger partial charge in [0.25, 0.3) is 5.91 Å². The molecule has 0 saturated carbocycles. The monoisotopic (exact) mass is 320 g/mol. The molecule has 1 heterocycles. The Morgan fingerprint density at radius 3 is 2.70 bits per heavy atom. The van der Waals surface area contributed by atoms with Crippen molar-refractivity contribution in [3.8, 4) is 0 Å². The molecule has 2 rings (SSSR count). The van der Waals surface area contributed by atoms with E-state index in [1.807, 2.05) is 0 Å². The number of nitrogens with one attached hydrogen (secondary N) is 1. The number of nitrogens with zero attached hydrogens (tertiary/aromatic N) is 1. The lowest BCUT2D eigenvalue weighted by atomic mass is 10.0. The maximum atomic E-state index is 13.2. The molecule has 0 aliphatic heterocycles. The van der Waals surface area contributed by atoms with E-state index >= 15 is 0 Å². The number of carbonyl (C=O) groups excluding carboxylic acids is 1. The summed E-state index contributed by atoms with van der Waals surface area (Å²) >= 11 is 0. The molecule has 0 aliphatic rings. The number of aliphatic carboxylic acids is 1. The van der Waals surface area contributed by atoms with E-state index < -0.39 is 23.2 Å². The van der Waals surface area contributed by atoms with Crippen molar-refractivity contribution >= 4 is 22.8 Å². The highest BCUT2D eigenvalue weighted by atomic mass is 19.1. The summed E-state index contributed by atoms with van der Waals surface area (Å²) in [6, 6.07) is 5.62. The summed E-state index contributed by atoms with van der Waals surface area (Å²) in [5, 5.41) is 12.3. The summed E-state index contributed by atoms with van der Waals surface area (Å²) in [7, 11) is 1.35. The summed E-state index contributed by atoms with van der Waals surface area (Å²) in [4.78, 5) is 28.0. The largest absolute Gasteiger partial charge is 0.479 e. The van der Waals surface area contributed by atoms with E-state index in [1.165, 1.54) is 32.2 Å². The van der Waals surface area contributed by atoms with Crippen LogP contribution in [-0.4, -0.2) is 41.2 Å². The van der Waals surface area contributed by atoms with Crippen molar-refractivity contribution in [1.29, 1.82) is 0 Å². The summed E-state index contributed by atoms with van der Waals surface area (Å²) < 4.78 is 18.1. The fraction of sp³-hybridized carbons (Fsp3) is 0.312. The number of amides is 1. The average molecular weight is 320 g/mol. The van der Waals surface area contributed by atoms with Gasteiger partial charge in [-0.3, -0.25) is 9.78 Å². The zero-order chi connectivity index (χ0) is 17.2. The van der Waals surface area contributed by atoms with E-state index in [2.05, 4.69) is 10.3 Å². The molecule has 0 bridgehead atoms. The minimum Gasteiger partial charge on any atom is -0.479 e. The van der Waals surface area contributed by atoms with Crippen LogP contribution in [0.3, 0.4) is 0 Å². The number of methoxy groups -OCH3 is 1. The Bertz CT molecular complexity index is 778. The maximum Gasteiger partial charge on any atom is 0.331 e. The second kappa shape index (κ2) is 6.29. The lowest BCUT2D eigenvalue weighted by molar-refractivity contribution is -0.145. The molecule has 1 unspecified atom stereocenters. The lowest BCUT2D eigenvalue weighted by Gasteiger charge is -2.25. The number of hydrogen-bond donors (Lipinski definition) is 2. The zero-order valence-electron chi connectivity index (χ0n) is 13.0. The molecule has 1 atom stereocenters. The van der Waals surface area contributed by atoms with Crippen LogP contribution in [0.1, 0.15) is 23.0 Å². The molecule has 2 N–H and O–H groups in total. The van der Waals surface area contributed by atoms with Crippen molar-refractivity contribution in [2.45, 2.75) is 19.4 Å². The minimum absolute atomic E-state index is 0.181. The van der Waals surface area contributed by atoms with E-state index in [0.717, 1.165) is 0 Å². The van der Waals surface area contributed by atoms with E-state index in [-0.39, 0.29) is 12.2 Å². The standard InChI is InChI=1S/C16H17FN2O4/c1-9-12(6-10-4-5-11(17)7-13(10)18-9)14(20)19-16(2,8-23-3)15(21)22/h4-7H,8H2,1-3H3,(H,19,20)(H,21,22). The summed E-state index contributed by atoms with van der Waals surface area (Å²) in [5.74, 6) is -2.20. The molecular formula is C16H17FN2O4. The molecule has 1 aromatic heterocycles. The van der Waals surface area contributed by atoms with Crippen molar-refractivity contribution in [3.63, 3.8) is 0 Å². The van der Waals surface area contributed by atoms with Crippen LogP contribution in [0.15, 0.2) is 24.3 Å². The van der Waals surface area contributed by atoms with Crippen molar-refractivity contribution in [2.75, 3.05) is 13.7 Å². The zero-order valence-corrected chi connectivity index (χ0v) is 13.0. The van der Waals surface area contributed by atoms with Crippen LogP contribution in [0.25, 0.3) is 10.9 Å². The van der Waals surface area contributed by atoms with Gasteiger partial charge in [0.2, 0.25) is 0 Å². The normalized spacial score (nSPS) is 13.6. The number of hydrogen-bond acceptors (Lipinski definition) is 4. The molecule has 0 aliphatic carbocycles. The van der Waals surface area contributed by atoms with Crippen LogP contribution in [-0.2, 0) is 9.53 Å². The molecule has 122 valence electrons. The Hall–Kier alpha value is -2.54. The predicted octanol–water partition coefficient (Wildman–Crippen LogP) is 1.90. The van der Waals surface area contributed by atoms with Gasteiger partial charge in [0.05, 0.1) is 23.4 Å². The van der Waals surface area contributed by atoms with Gasteiger partial charge in [-0.15, -0.1) is 0 Å². The lowest BCUT2D eigenvalue weighted by Crippen LogP contribution is -2.55. The molecular weight excluding hydrogens is 303 g/mol. The fourth-order valence-corrected chi connectivity index (χ4v) is 2.22. The van der Waals surface area contributed by atoms with E-state index in [4.69, 9.17) is 4.74 Å². The molecule has 23 heavy (non-hydrogen) atoms. The third kappa shape index (κ3) is 3.45. The van der Waals surface area contributed by atoms with Gasteiger partial charge in [-0.05, 0) is 32.0 Å². The smallest absolute Gasteiger partial charge is 0.331 e. The van der Waals surface area contributed by atoms with E-state index in [1.54, 1.807) is 13.0 Å². The maximum absolute atomic E-state index is 13.2. The quantitative estimate of drug-likeness (QED) is 0.878. The summed E-state index contributed by atoms with van der Waals surface area (Å²) in [6.45, 7) is 2.78. The van der Waals surface area contributed by atoms with Gasteiger partial charge < -0.3 is 15.2 Å². The van der Waals surface area contributed by atoms with Crippen molar-refractivity contribution in [3.05, 3.63) is 41.3 Å². The number of ether oxygens (including phenoxy) is 1. The van der Waals surface area contributed by atoms with Gasteiger partial charge in [-0.1, -0.05) is 0 Å². The molecule has 2 aromatic rings. The molecule has 0 saturated heterocycles. The number of benzene rings is 1. The SMILES string of the molecule is COCC(C)(NC(=O)c1cc2ccc(F)cc2nc1C)C(=O)O. The van der Waals surface area contributed by atoms with Crippen molar-refractivity contribution in [2.24, 2.45) is 0 Å². The summed E-state index contributed by atoms with van der Waals surface area (Å²) in [5.41, 5.74) is -0.522.